The first-order valence-electron chi connectivity index (χ1n) is 8.44. The molecule has 0 radical (unpaired) electrons. The predicted octanol–water partition coefficient (Wildman–Crippen LogP) is 3.86. The Morgan fingerprint density at radius 1 is 1.28 bits per heavy atom. The molecule has 0 N–H and O–H groups in total. The fourth-order valence-corrected chi connectivity index (χ4v) is 3.28. The van der Waals surface area contributed by atoms with Crippen molar-refractivity contribution in [2.24, 2.45) is 0 Å². The lowest BCUT2D eigenvalue weighted by atomic mass is 10.1. The van der Waals surface area contributed by atoms with Crippen molar-refractivity contribution >= 4 is 11.8 Å². The molecular formula is C17H22N6OS. The van der Waals surface area contributed by atoms with E-state index < -0.39 is 0 Å². The summed E-state index contributed by atoms with van der Waals surface area (Å²) in [5.74, 6) is 1.37. The Morgan fingerprint density at radius 3 is 2.92 bits per heavy atom. The first-order chi connectivity index (χ1) is 12.1. The van der Waals surface area contributed by atoms with Crippen LogP contribution in [0.2, 0.25) is 0 Å². The van der Waals surface area contributed by atoms with Crippen molar-refractivity contribution in [1.29, 1.82) is 0 Å². The SMILES string of the molecule is CCCCc1noc(C(C)Sc2nnnn2-c2cccc(C)c2C)n1. The van der Waals surface area contributed by atoms with Gasteiger partial charge in [-0.25, -0.2) is 0 Å². The molecule has 7 nitrogen and oxygen atoms in total. The third kappa shape index (κ3) is 3.89. The van der Waals surface area contributed by atoms with Crippen LogP contribution in [-0.2, 0) is 6.42 Å². The van der Waals surface area contributed by atoms with Gasteiger partial charge >= 0.3 is 0 Å². The minimum atomic E-state index is -0.0299. The fourth-order valence-electron chi connectivity index (χ4n) is 2.45. The number of hydrogen-bond acceptors (Lipinski definition) is 7. The second-order valence-corrected chi connectivity index (χ2v) is 7.31. The van der Waals surface area contributed by atoms with Crippen molar-refractivity contribution in [2.45, 2.75) is 57.4 Å². The van der Waals surface area contributed by atoms with Gasteiger partial charge in [-0.1, -0.05) is 42.4 Å². The highest BCUT2D eigenvalue weighted by atomic mass is 32.2. The van der Waals surface area contributed by atoms with Crippen LogP contribution >= 0.6 is 11.8 Å². The van der Waals surface area contributed by atoms with Crippen LogP contribution in [-0.4, -0.2) is 30.3 Å². The second kappa shape index (κ2) is 7.77. The number of thioether (sulfide) groups is 1. The first-order valence-corrected chi connectivity index (χ1v) is 9.32. The average molecular weight is 358 g/mol. The van der Waals surface area contributed by atoms with Gasteiger partial charge in [0.05, 0.1) is 10.9 Å². The summed E-state index contributed by atoms with van der Waals surface area (Å²) in [4.78, 5) is 4.49. The lowest BCUT2D eigenvalue weighted by Crippen LogP contribution is -2.03. The van der Waals surface area contributed by atoms with E-state index in [1.54, 1.807) is 4.68 Å². The molecule has 0 aliphatic carbocycles. The Morgan fingerprint density at radius 2 is 2.12 bits per heavy atom. The van der Waals surface area contributed by atoms with Gasteiger partial charge in [-0.3, -0.25) is 0 Å². The van der Waals surface area contributed by atoms with Crippen LogP contribution in [0.25, 0.3) is 5.69 Å². The van der Waals surface area contributed by atoms with Crippen LogP contribution in [0.1, 0.15) is 54.8 Å². The van der Waals surface area contributed by atoms with Crippen molar-refractivity contribution in [3.05, 3.63) is 41.0 Å². The zero-order chi connectivity index (χ0) is 17.8. The van der Waals surface area contributed by atoms with Gasteiger partial charge in [-0.15, -0.1) is 5.10 Å². The molecule has 0 aliphatic rings. The van der Waals surface area contributed by atoms with Crippen LogP contribution in [0.15, 0.2) is 27.9 Å². The molecule has 2 aromatic heterocycles. The van der Waals surface area contributed by atoms with E-state index in [2.05, 4.69) is 52.5 Å². The predicted molar refractivity (Wildman–Crippen MR) is 95.8 cm³/mol. The zero-order valence-electron chi connectivity index (χ0n) is 14.9. The summed E-state index contributed by atoms with van der Waals surface area (Å²) < 4.78 is 7.16. The molecular weight excluding hydrogens is 336 g/mol. The van der Waals surface area contributed by atoms with E-state index in [9.17, 15) is 0 Å². The molecule has 2 heterocycles. The molecule has 3 aromatic rings. The zero-order valence-corrected chi connectivity index (χ0v) is 15.7. The minimum absolute atomic E-state index is 0.0299. The number of nitrogens with zero attached hydrogens (tertiary/aromatic N) is 6. The largest absolute Gasteiger partial charge is 0.338 e. The topological polar surface area (TPSA) is 82.5 Å². The van der Waals surface area contributed by atoms with E-state index in [1.165, 1.54) is 17.3 Å². The number of benzene rings is 1. The summed E-state index contributed by atoms with van der Waals surface area (Å²) in [7, 11) is 0. The van der Waals surface area contributed by atoms with Crippen LogP contribution < -0.4 is 0 Å². The summed E-state index contributed by atoms with van der Waals surface area (Å²) >= 11 is 1.51. The maximum atomic E-state index is 5.40. The number of aryl methyl sites for hydroxylation is 2. The molecule has 1 aromatic carbocycles. The Bertz CT molecular complexity index is 843. The van der Waals surface area contributed by atoms with Crippen LogP contribution in [0.4, 0.5) is 0 Å². The summed E-state index contributed by atoms with van der Waals surface area (Å²) in [5, 5.41) is 16.9. The van der Waals surface area contributed by atoms with Crippen molar-refractivity contribution in [2.75, 3.05) is 0 Å². The maximum Gasteiger partial charge on any atom is 0.239 e. The van der Waals surface area contributed by atoms with Crippen molar-refractivity contribution in [3.8, 4) is 5.69 Å². The standard InChI is InChI=1S/C17H22N6OS/c1-5-6-10-15-18-16(24-20-15)13(4)25-17-19-21-22-23(17)14-9-7-8-11(2)12(14)3/h7-9,13H,5-6,10H2,1-4H3. The number of tetrazole rings is 1. The van der Waals surface area contributed by atoms with Gasteiger partial charge in [-0.2, -0.15) is 9.67 Å². The molecule has 1 atom stereocenters. The lowest BCUT2D eigenvalue weighted by Gasteiger charge is -2.10. The molecule has 0 aliphatic heterocycles. The van der Waals surface area contributed by atoms with Crippen LogP contribution in [0.3, 0.4) is 0 Å². The molecule has 1 unspecified atom stereocenters. The van der Waals surface area contributed by atoms with E-state index >= 15 is 0 Å². The molecule has 25 heavy (non-hydrogen) atoms. The molecule has 0 amide bonds. The Hall–Kier alpha value is -2.22. The van der Waals surface area contributed by atoms with Gasteiger partial charge in [0.1, 0.15) is 0 Å². The van der Waals surface area contributed by atoms with E-state index in [4.69, 9.17) is 4.52 Å². The van der Waals surface area contributed by atoms with E-state index in [0.29, 0.717) is 11.0 Å². The van der Waals surface area contributed by atoms with Crippen LogP contribution in [0.5, 0.6) is 0 Å². The Kier molecular flexibility index (Phi) is 5.47. The first kappa shape index (κ1) is 17.6. The maximum absolute atomic E-state index is 5.40. The average Bonchev–Trinajstić information content (AvgIpc) is 3.25. The smallest absolute Gasteiger partial charge is 0.239 e. The van der Waals surface area contributed by atoms with Gasteiger partial charge in [0, 0.05) is 6.42 Å². The van der Waals surface area contributed by atoms with E-state index in [0.717, 1.165) is 36.3 Å². The summed E-state index contributed by atoms with van der Waals surface area (Å²) in [6.07, 6.45) is 3.02. The van der Waals surface area contributed by atoms with Gasteiger partial charge in [0.25, 0.3) is 0 Å². The molecule has 132 valence electrons. The van der Waals surface area contributed by atoms with Gasteiger partial charge in [0.15, 0.2) is 5.82 Å². The van der Waals surface area contributed by atoms with Crippen molar-refractivity contribution < 1.29 is 4.52 Å². The van der Waals surface area contributed by atoms with E-state index in [-0.39, 0.29) is 5.25 Å². The highest BCUT2D eigenvalue weighted by Gasteiger charge is 2.20. The highest BCUT2D eigenvalue weighted by molar-refractivity contribution is 7.99. The van der Waals surface area contributed by atoms with Gasteiger partial charge in [-0.05, 0) is 54.8 Å². The minimum Gasteiger partial charge on any atom is -0.338 e. The Balaban J connectivity index is 1.79. The van der Waals surface area contributed by atoms with Crippen LogP contribution in [0, 0.1) is 13.8 Å². The summed E-state index contributed by atoms with van der Waals surface area (Å²) in [6, 6.07) is 6.10. The molecule has 0 saturated heterocycles. The third-order valence-electron chi connectivity index (χ3n) is 4.11. The van der Waals surface area contributed by atoms with Gasteiger partial charge < -0.3 is 4.52 Å². The van der Waals surface area contributed by atoms with Crippen molar-refractivity contribution in [1.82, 2.24) is 30.3 Å². The second-order valence-electron chi connectivity index (χ2n) is 6.00. The number of aromatic nitrogens is 6. The lowest BCUT2D eigenvalue weighted by molar-refractivity contribution is 0.374. The van der Waals surface area contributed by atoms with Crippen molar-refractivity contribution in [3.63, 3.8) is 0 Å². The Labute approximate surface area is 151 Å². The number of rotatable bonds is 7. The highest BCUT2D eigenvalue weighted by Crippen LogP contribution is 2.33. The number of hydrogen-bond donors (Lipinski definition) is 0. The molecule has 3 rings (SSSR count). The monoisotopic (exact) mass is 358 g/mol. The van der Waals surface area contributed by atoms with E-state index in [1.807, 2.05) is 19.1 Å². The molecule has 0 saturated carbocycles. The molecule has 0 fully saturated rings. The number of unbranched alkanes of at least 4 members (excludes halogenated alkanes) is 1. The molecule has 8 heteroatoms. The normalized spacial score (nSPS) is 12.5. The summed E-state index contributed by atoms with van der Waals surface area (Å²) in [6.45, 7) is 8.31. The quantitative estimate of drug-likeness (QED) is 0.593. The molecule has 0 spiro atoms. The summed E-state index contributed by atoms with van der Waals surface area (Å²) in [5.41, 5.74) is 3.34. The fraction of sp³-hybridized carbons (Fsp3) is 0.471. The van der Waals surface area contributed by atoms with Gasteiger partial charge in [0.2, 0.25) is 11.0 Å². The third-order valence-corrected chi connectivity index (χ3v) is 5.13. The molecule has 0 bridgehead atoms.